The molecule has 0 aliphatic carbocycles. The zero-order valence-corrected chi connectivity index (χ0v) is 22.3. The second-order valence-corrected chi connectivity index (χ2v) is 11.4. The van der Waals surface area contributed by atoms with Gasteiger partial charge in [0.25, 0.3) is 0 Å². The van der Waals surface area contributed by atoms with Crippen molar-refractivity contribution in [3.8, 4) is 0 Å². The van der Waals surface area contributed by atoms with Gasteiger partial charge in [0.15, 0.2) is 0 Å². The molecule has 0 aliphatic heterocycles. The minimum absolute atomic E-state index is 0.110. The van der Waals surface area contributed by atoms with Gasteiger partial charge < -0.3 is 10.2 Å². The van der Waals surface area contributed by atoms with Gasteiger partial charge in [0.05, 0.1) is 11.9 Å². The molecule has 2 rings (SSSR count). The molecule has 34 heavy (non-hydrogen) atoms. The predicted octanol–water partition coefficient (Wildman–Crippen LogP) is 4.26. The molecule has 0 radical (unpaired) electrons. The van der Waals surface area contributed by atoms with Gasteiger partial charge in [-0.05, 0) is 55.2 Å². The van der Waals surface area contributed by atoms with Gasteiger partial charge >= 0.3 is 0 Å². The number of rotatable bonds is 10. The molecule has 0 saturated heterocycles. The lowest BCUT2D eigenvalue weighted by Gasteiger charge is -2.32. The predicted molar refractivity (Wildman–Crippen MR) is 138 cm³/mol. The summed E-state index contributed by atoms with van der Waals surface area (Å²) in [7, 11) is -3.82. The maximum absolute atomic E-state index is 13.5. The Morgan fingerprint density at radius 3 is 2.21 bits per heavy atom. The summed E-state index contributed by atoms with van der Waals surface area (Å²) in [5.41, 5.74) is 1.60. The van der Waals surface area contributed by atoms with Crippen LogP contribution in [0.2, 0.25) is 10.0 Å². The second-order valence-electron chi connectivity index (χ2n) is 8.62. The molecule has 2 amide bonds. The molecule has 1 N–H and O–H groups in total. The van der Waals surface area contributed by atoms with Crippen molar-refractivity contribution in [2.45, 2.75) is 40.3 Å². The van der Waals surface area contributed by atoms with Gasteiger partial charge in [-0.1, -0.05) is 55.2 Å². The third-order valence-electron chi connectivity index (χ3n) is 5.31. The molecule has 2 aromatic carbocycles. The van der Waals surface area contributed by atoms with Crippen LogP contribution in [0.4, 0.5) is 5.69 Å². The summed E-state index contributed by atoms with van der Waals surface area (Å²) < 4.78 is 26.3. The molecular formula is C24H31Cl2N3O4S. The number of benzene rings is 2. The number of hydrogen-bond acceptors (Lipinski definition) is 4. The zero-order chi connectivity index (χ0) is 25.6. The van der Waals surface area contributed by atoms with Crippen molar-refractivity contribution in [2.75, 3.05) is 23.7 Å². The number of carbonyl (C=O) groups excluding carboxylic acids is 2. The van der Waals surface area contributed by atoms with E-state index >= 15 is 0 Å². The monoisotopic (exact) mass is 527 g/mol. The fraction of sp³-hybridized carbons (Fsp3) is 0.417. The molecular weight excluding hydrogens is 497 g/mol. The van der Waals surface area contributed by atoms with E-state index in [0.29, 0.717) is 27.8 Å². The van der Waals surface area contributed by atoms with E-state index in [2.05, 4.69) is 5.32 Å². The highest BCUT2D eigenvalue weighted by Crippen LogP contribution is 2.28. The van der Waals surface area contributed by atoms with Gasteiger partial charge in [0.1, 0.15) is 12.6 Å². The summed E-state index contributed by atoms with van der Waals surface area (Å²) in [5, 5.41) is 3.77. The van der Waals surface area contributed by atoms with Crippen LogP contribution in [0, 0.1) is 12.8 Å². The van der Waals surface area contributed by atoms with Crippen molar-refractivity contribution in [1.82, 2.24) is 10.2 Å². The number of nitrogens with zero attached hydrogens (tertiary/aromatic N) is 2. The van der Waals surface area contributed by atoms with Crippen LogP contribution in [0.15, 0.2) is 42.5 Å². The Bertz CT molecular complexity index is 1120. The maximum Gasteiger partial charge on any atom is 0.244 e. The Labute approximate surface area is 212 Å². The maximum atomic E-state index is 13.5. The van der Waals surface area contributed by atoms with E-state index in [1.165, 1.54) is 4.90 Å². The molecule has 7 nitrogen and oxygen atoms in total. The summed E-state index contributed by atoms with van der Waals surface area (Å²) in [5.74, 6) is -0.601. The van der Waals surface area contributed by atoms with E-state index in [-0.39, 0.29) is 18.4 Å². The Balaban J connectivity index is 2.40. The smallest absolute Gasteiger partial charge is 0.244 e. The van der Waals surface area contributed by atoms with Gasteiger partial charge in [-0.15, -0.1) is 0 Å². The topological polar surface area (TPSA) is 86.8 Å². The van der Waals surface area contributed by atoms with Crippen LogP contribution in [0.5, 0.6) is 0 Å². The van der Waals surface area contributed by atoms with Gasteiger partial charge in [0.2, 0.25) is 21.8 Å². The van der Waals surface area contributed by atoms with Crippen molar-refractivity contribution in [3.05, 3.63) is 63.6 Å². The van der Waals surface area contributed by atoms with Gasteiger partial charge in [-0.25, -0.2) is 8.42 Å². The van der Waals surface area contributed by atoms with E-state index in [0.717, 1.165) is 16.1 Å². The quantitative estimate of drug-likeness (QED) is 0.500. The average molecular weight is 529 g/mol. The number of halogens is 2. The first kappa shape index (κ1) is 28.0. The number of hydrogen-bond donors (Lipinski definition) is 1. The van der Waals surface area contributed by atoms with Crippen molar-refractivity contribution in [1.29, 1.82) is 0 Å². The Morgan fingerprint density at radius 1 is 1.03 bits per heavy atom. The van der Waals surface area contributed by atoms with E-state index in [1.54, 1.807) is 56.3 Å². The number of nitrogens with one attached hydrogen (secondary N) is 1. The highest BCUT2D eigenvalue weighted by Gasteiger charge is 2.30. The number of anilines is 1. The lowest BCUT2D eigenvalue weighted by Crippen LogP contribution is -2.51. The van der Waals surface area contributed by atoms with Gasteiger partial charge in [0, 0.05) is 23.1 Å². The average Bonchev–Trinajstić information content (AvgIpc) is 2.76. The minimum atomic E-state index is -3.82. The van der Waals surface area contributed by atoms with Crippen molar-refractivity contribution >= 4 is 50.7 Å². The van der Waals surface area contributed by atoms with E-state index in [9.17, 15) is 18.0 Å². The number of sulfonamides is 1. The third kappa shape index (κ3) is 7.61. The highest BCUT2D eigenvalue weighted by molar-refractivity contribution is 7.92. The zero-order valence-electron chi connectivity index (χ0n) is 20.0. The first-order chi connectivity index (χ1) is 15.8. The molecule has 0 unspecified atom stereocenters. The summed E-state index contributed by atoms with van der Waals surface area (Å²) in [4.78, 5) is 27.7. The fourth-order valence-corrected chi connectivity index (χ4v) is 4.48. The summed E-state index contributed by atoms with van der Waals surface area (Å²) >= 11 is 12.2. The van der Waals surface area contributed by atoms with Crippen LogP contribution in [-0.2, 0) is 26.2 Å². The molecule has 186 valence electrons. The molecule has 0 bridgehead atoms. The Hall–Kier alpha value is -2.29. The third-order valence-corrected chi connectivity index (χ3v) is 7.09. The van der Waals surface area contributed by atoms with Crippen molar-refractivity contribution < 1.29 is 18.0 Å². The normalized spacial score (nSPS) is 12.4. The summed E-state index contributed by atoms with van der Waals surface area (Å²) in [6.45, 7) is 7.35. The lowest BCUT2D eigenvalue weighted by molar-refractivity contribution is -0.139. The van der Waals surface area contributed by atoms with Crippen molar-refractivity contribution in [3.63, 3.8) is 0 Å². The SMILES string of the molecule is Cc1c(Cl)cccc1N(CC(=O)N(Cc1ccc(Cl)cc1)[C@H](C)C(=O)NCC(C)C)S(C)(=O)=O. The van der Waals surface area contributed by atoms with Crippen LogP contribution in [0.25, 0.3) is 0 Å². The molecule has 0 aliphatic rings. The molecule has 0 saturated carbocycles. The van der Waals surface area contributed by atoms with Crippen LogP contribution < -0.4 is 9.62 Å². The van der Waals surface area contributed by atoms with Crippen LogP contribution in [0.1, 0.15) is 31.9 Å². The first-order valence-corrected chi connectivity index (χ1v) is 13.5. The van der Waals surface area contributed by atoms with Gasteiger partial charge in [-0.2, -0.15) is 0 Å². The second kappa shape index (κ2) is 11.9. The number of carbonyl (C=O) groups is 2. The lowest BCUT2D eigenvalue weighted by atomic mass is 10.1. The molecule has 0 fully saturated rings. The van der Waals surface area contributed by atoms with Crippen LogP contribution in [-0.4, -0.2) is 50.5 Å². The number of amides is 2. The fourth-order valence-electron chi connectivity index (χ4n) is 3.28. The van der Waals surface area contributed by atoms with Crippen molar-refractivity contribution in [2.24, 2.45) is 5.92 Å². The standard InChI is InChI=1S/C24H31Cl2N3O4S/c1-16(2)13-27-24(31)18(4)28(14-19-9-11-20(25)12-10-19)23(30)15-29(34(5,32)33)22-8-6-7-21(26)17(22)3/h6-12,16,18H,13-15H2,1-5H3,(H,27,31)/t18-/m1/s1. The summed E-state index contributed by atoms with van der Waals surface area (Å²) in [6, 6.07) is 11.0. The largest absolute Gasteiger partial charge is 0.354 e. The molecule has 2 aromatic rings. The van der Waals surface area contributed by atoms with E-state index in [4.69, 9.17) is 23.2 Å². The molecule has 0 heterocycles. The molecule has 0 aromatic heterocycles. The van der Waals surface area contributed by atoms with E-state index in [1.807, 2.05) is 13.8 Å². The van der Waals surface area contributed by atoms with Gasteiger partial charge in [-0.3, -0.25) is 13.9 Å². The molecule has 10 heteroatoms. The Kier molecular flexibility index (Phi) is 9.79. The Morgan fingerprint density at radius 2 is 1.65 bits per heavy atom. The highest BCUT2D eigenvalue weighted by atomic mass is 35.5. The van der Waals surface area contributed by atoms with Crippen LogP contribution in [0.3, 0.4) is 0 Å². The summed E-state index contributed by atoms with van der Waals surface area (Å²) in [6.07, 6.45) is 1.03. The van der Waals surface area contributed by atoms with E-state index < -0.39 is 28.5 Å². The molecule has 1 atom stereocenters. The first-order valence-electron chi connectivity index (χ1n) is 10.9. The minimum Gasteiger partial charge on any atom is -0.354 e. The molecule has 0 spiro atoms. The van der Waals surface area contributed by atoms with Crippen LogP contribution >= 0.6 is 23.2 Å².